The third-order valence-electron chi connectivity index (χ3n) is 1.02. The first-order valence-electron chi connectivity index (χ1n) is 3.01. The number of carbonyl (C=O) groups is 2. The molecule has 0 spiro atoms. The molecule has 0 aliphatic carbocycles. The number of aliphatic carboxylic acids is 1. The van der Waals surface area contributed by atoms with Gasteiger partial charge in [-0.05, 0) is 7.05 Å². The summed E-state index contributed by atoms with van der Waals surface area (Å²) in [7, 11) is 1.51. The number of amides is 1. The molecule has 0 unspecified atom stereocenters. The molecule has 0 aromatic carbocycles. The topological polar surface area (TPSA) is 104 Å². The normalized spacial score (nSPS) is 12.5. The molecule has 0 bridgehead atoms. The van der Waals surface area contributed by atoms with Gasteiger partial charge >= 0.3 is 5.97 Å². The van der Waals surface area contributed by atoms with Gasteiger partial charge in [0.25, 0.3) is 0 Å². The molecule has 0 aliphatic rings. The summed E-state index contributed by atoms with van der Waals surface area (Å²) >= 11 is 0. The fourth-order valence-corrected chi connectivity index (χ4v) is 0.575. The number of rotatable bonds is 5. The van der Waals surface area contributed by atoms with E-state index in [1.807, 2.05) is 0 Å². The van der Waals surface area contributed by atoms with Gasteiger partial charge in [-0.25, -0.2) is 5.43 Å². The van der Waals surface area contributed by atoms with Crippen LogP contribution in [0.5, 0.6) is 0 Å². The first-order valence-corrected chi connectivity index (χ1v) is 3.01. The van der Waals surface area contributed by atoms with E-state index in [0.29, 0.717) is 0 Å². The molecule has 11 heavy (non-hydrogen) atoms. The summed E-state index contributed by atoms with van der Waals surface area (Å²) in [5, 5.41) is 8.44. The third-order valence-corrected chi connectivity index (χ3v) is 1.02. The molecule has 64 valence electrons. The van der Waals surface area contributed by atoms with E-state index < -0.39 is 17.9 Å². The van der Waals surface area contributed by atoms with Gasteiger partial charge in [0.1, 0.15) is 6.04 Å². The van der Waals surface area contributed by atoms with E-state index in [1.54, 1.807) is 0 Å². The van der Waals surface area contributed by atoms with Crippen LogP contribution in [0.25, 0.3) is 0 Å². The van der Waals surface area contributed by atoms with Gasteiger partial charge in [0.2, 0.25) is 5.91 Å². The first-order chi connectivity index (χ1) is 5.07. The number of hydrogen-bond acceptors (Lipinski definition) is 4. The van der Waals surface area contributed by atoms with Crippen LogP contribution >= 0.6 is 0 Å². The average Bonchev–Trinajstić information content (AvgIpc) is 1.86. The molecule has 6 heteroatoms. The second-order valence-electron chi connectivity index (χ2n) is 1.96. The lowest BCUT2D eigenvalue weighted by Crippen LogP contribution is -2.45. The van der Waals surface area contributed by atoms with Crippen molar-refractivity contribution in [1.29, 1.82) is 0 Å². The van der Waals surface area contributed by atoms with Gasteiger partial charge in [-0.1, -0.05) is 0 Å². The van der Waals surface area contributed by atoms with Crippen LogP contribution < -0.4 is 16.6 Å². The van der Waals surface area contributed by atoms with Gasteiger partial charge in [0.05, 0.1) is 6.42 Å². The Hall–Kier alpha value is -1.14. The fraction of sp³-hybridized carbons (Fsp3) is 0.600. The molecule has 6 nitrogen and oxygen atoms in total. The second kappa shape index (κ2) is 4.64. The molecule has 0 heterocycles. The minimum Gasteiger partial charge on any atom is -0.480 e. The van der Waals surface area contributed by atoms with Crippen molar-refractivity contribution in [3.8, 4) is 0 Å². The number of nitrogens with one attached hydrogen (secondary N) is 2. The molecule has 0 aliphatic heterocycles. The van der Waals surface area contributed by atoms with Crippen molar-refractivity contribution in [3.05, 3.63) is 0 Å². The van der Waals surface area contributed by atoms with Gasteiger partial charge in [0, 0.05) is 0 Å². The lowest BCUT2D eigenvalue weighted by Gasteiger charge is -2.10. The predicted octanol–water partition coefficient (Wildman–Crippen LogP) is -1.96. The Balaban J connectivity index is 3.89. The summed E-state index contributed by atoms with van der Waals surface area (Å²) in [4.78, 5) is 20.6. The molecule has 0 radical (unpaired) electrons. The van der Waals surface area contributed by atoms with Crippen LogP contribution in [0.2, 0.25) is 0 Å². The van der Waals surface area contributed by atoms with Gasteiger partial charge < -0.3 is 10.8 Å². The smallest absolute Gasteiger partial charge is 0.322 e. The average molecular weight is 161 g/mol. The van der Waals surface area contributed by atoms with E-state index >= 15 is 0 Å². The maximum absolute atomic E-state index is 10.3. The van der Waals surface area contributed by atoms with Crippen LogP contribution in [0, 0.1) is 0 Å². The van der Waals surface area contributed by atoms with E-state index in [2.05, 4.69) is 10.9 Å². The van der Waals surface area contributed by atoms with Gasteiger partial charge in [-0.3, -0.25) is 15.0 Å². The van der Waals surface area contributed by atoms with E-state index in [9.17, 15) is 9.59 Å². The van der Waals surface area contributed by atoms with Crippen LogP contribution in [0.1, 0.15) is 6.42 Å². The summed E-state index contributed by atoms with van der Waals surface area (Å²) in [6.45, 7) is 0. The van der Waals surface area contributed by atoms with Crippen molar-refractivity contribution in [2.75, 3.05) is 7.05 Å². The van der Waals surface area contributed by atoms with Crippen LogP contribution in [0.3, 0.4) is 0 Å². The van der Waals surface area contributed by atoms with Crippen molar-refractivity contribution in [3.63, 3.8) is 0 Å². The Morgan fingerprint density at radius 2 is 2.18 bits per heavy atom. The minimum atomic E-state index is -1.11. The lowest BCUT2D eigenvalue weighted by molar-refractivity contribution is -0.141. The highest BCUT2D eigenvalue weighted by Gasteiger charge is 2.17. The molecule has 5 N–H and O–H groups in total. The minimum absolute atomic E-state index is 0.226. The number of primary amides is 1. The lowest BCUT2D eigenvalue weighted by atomic mass is 10.2. The molecule has 0 aromatic heterocycles. The molecule has 0 fully saturated rings. The maximum Gasteiger partial charge on any atom is 0.322 e. The SMILES string of the molecule is CNN[C@@H](CC(N)=O)C(=O)O. The van der Waals surface area contributed by atoms with E-state index in [-0.39, 0.29) is 6.42 Å². The van der Waals surface area contributed by atoms with Crippen LogP contribution in [-0.2, 0) is 9.59 Å². The number of carboxylic acids is 1. The highest BCUT2D eigenvalue weighted by atomic mass is 16.4. The largest absolute Gasteiger partial charge is 0.480 e. The summed E-state index contributed by atoms with van der Waals surface area (Å²) in [5.41, 5.74) is 9.57. The summed E-state index contributed by atoms with van der Waals surface area (Å²) in [5.74, 6) is -1.77. The van der Waals surface area contributed by atoms with E-state index in [4.69, 9.17) is 10.8 Å². The Morgan fingerprint density at radius 3 is 2.45 bits per heavy atom. The van der Waals surface area contributed by atoms with E-state index in [1.165, 1.54) is 7.05 Å². The van der Waals surface area contributed by atoms with Crippen molar-refractivity contribution < 1.29 is 14.7 Å². The molecular weight excluding hydrogens is 150 g/mol. The highest BCUT2D eigenvalue weighted by molar-refractivity contribution is 5.83. The number of carboxylic acid groups (broad SMARTS) is 1. The van der Waals surface area contributed by atoms with Crippen LogP contribution in [-0.4, -0.2) is 30.1 Å². The van der Waals surface area contributed by atoms with Gasteiger partial charge in [-0.2, -0.15) is 0 Å². The molecule has 0 saturated heterocycles. The van der Waals surface area contributed by atoms with Gasteiger partial charge in [-0.15, -0.1) is 0 Å². The highest BCUT2D eigenvalue weighted by Crippen LogP contribution is 1.88. The molecule has 0 rings (SSSR count). The summed E-state index contributed by atoms with van der Waals surface area (Å²) < 4.78 is 0. The van der Waals surface area contributed by atoms with Crippen molar-refractivity contribution in [2.45, 2.75) is 12.5 Å². The van der Waals surface area contributed by atoms with Crippen molar-refractivity contribution in [1.82, 2.24) is 10.9 Å². The third kappa shape index (κ3) is 4.29. The molecular formula is C5H11N3O3. The molecule has 1 amide bonds. The van der Waals surface area contributed by atoms with Crippen molar-refractivity contribution in [2.24, 2.45) is 5.73 Å². The quantitative estimate of drug-likeness (QED) is 0.350. The predicted molar refractivity (Wildman–Crippen MR) is 37.4 cm³/mol. The van der Waals surface area contributed by atoms with Gasteiger partial charge in [0.15, 0.2) is 0 Å². The van der Waals surface area contributed by atoms with Crippen LogP contribution in [0.15, 0.2) is 0 Å². The standard InChI is InChI=1S/C5H11N3O3/c1-7-8-3(5(10)11)2-4(6)9/h3,7-8H,2H2,1H3,(H2,6,9)(H,10,11)/t3-/m0/s1. The molecule has 1 atom stereocenters. The number of hydrogen-bond donors (Lipinski definition) is 4. The summed E-state index contributed by atoms with van der Waals surface area (Å²) in [6.07, 6.45) is -0.226. The molecule has 0 aromatic rings. The summed E-state index contributed by atoms with van der Waals surface area (Å²) in [6, 6.07) is -0.961. The maximum atomic E-state index is 10.3. The Kier molecular flexibility index (Phi) is 4.16. The number of nitrogens with two attached hydrogens (primary N) is 1. The zero-order chi connectivity index (χ0) is 8.85. The second-order valence-corrected chi connectivity index (χ2v) is 1.96. The monoisotopic (exact) mass is 161 g/mol. The number of carbonyl (C=O) groups excluding carboxylic acids is 1. The zero-order valence-corrected chi connectivity index (χ0v) is 6.13. The molecule has 0 saturated carbocycles. The first kappa shape index (κ1) is 9.86. The van der Waals surface area contributed by atoms with Crippen molar-refractivity contribution >= 4 is 11.9 Å². The fourth-order valence-electron chi connectivity index (χ4n) is 0.575. The Morgan fingerprint density at radius 1 is 1.64 bits per heavy atom. The Bertz CT molecular complexity index is 159. The number of hydrazine groups is 1. The Labute approximate surface area is 63.7 Å². The van der Waals surface area contributed by atoms with Crippen LogP contribution in [0.4, 0.5) is 0 Å². The zero-order valence-electron chi connectivity index (χ0n) is 6.13. The van der Waals surface area contributed by atoms with E-state index in [0.717, 1.165) is 0 Å².